The SMILES string of the molecule is CN1C(=O)[C@]2(C)N=C(c3ccccc3)[C@H]1n1c(=O)n(C)c(=O)n12. The molecule has 0 unspecified atom stereocenters. The number of benzene rings is 1. The number of hydrogen-bond donors (Lipinski definition) is 0. The van der Waals surface area contributed by atoms with E-state index in [9.17, 15) is 14.4 Å². The molecule has 2 aromatic rings. The van der Waals surface area contributed by atoms with Crippen molar-refractivity contribution in [3.63, 3.8) is 0 Å². The second-order valence-corrected chi connectivity index (χ2v) is 5.95. The van der Waals surface area contributed by atoms with Crippen molar-refractivity contribution in [3.8, 4) is 0 Å². The third-order valence-electron chi connectivity index (χ3n) is 4.56. The molecule has 0 fully saturated rings. The van der Waals surface area contributed by atoms with Gasteiger partial charge in [0.15, 0.2) is 6.17 Å². The van der Waals surface area contributed by atoms with E-state index in [0.29, 0.717) is 5.71 Å². The summed E-state index contributed by atoms with van der Waals surface area (Å²) < 4.78 is 3.48. The highest BCUT2D eigenvalue weighted by atomic mass is 16.2. The molecule has 0 radical (unpaired) electrons. The molecule has 0 N–H and O–H groups in total. The molecule has 0 aliphatic carbocycles. The highest BCUT2D eigenvalue weighted by Crippen LogP contribution is 2.37. The number of hydrogen-bond acceptors (Lipinski definition) is 4. The number of nitrogens with zero attached hydrogens (tertiary/aromatic N) is 5. The van der Waals surface area contributed by atoms with Gasteiger partial charge in [0.2, 0.25) is 5.66 Å². The Morgan fingerprint density at radius 1 is 1.04 bits per heavy atom. The van der Waals surface area contributed by atoms with Gasteiger partial charge in [-0.25, -0.2) is 19.1 Å². The Morgan fingerprint density at radius 2 is 1.70 bits per heavy atom. The van der Waals surface area contributed by atoms with Crippen LogP contribution in [0.5, 0.6) is 0 Å². The van der Waals surface area contributed by atoms with Crippen molar-refractivity contribution in [3.05, 3.63) is 56.9 Å². The minimum Gasteiger partial charge on any atom is -0.314 e. The van der Waals surface area contributed by atoms with E-state index >= 15 is 0 Å². The van der Waals surface area contributed by atoms with Gasteiger partial charge in [-0.2, -0.15) is 9.36 Å². The van der Waals surface area contributed by atoms with Crippen LogP contribution in [0, 0.1) is 0 Å². The summed E-state index contributed by atoms with van der Waals surface area (Å²) in [6.07, 6.45) is -0.729. The third-order valence-corrected chi connectivity index (χ3v) is 4.56. The van der Waals surface area contributed by atoms with Crippen LogP contribution in [-0.4, -0.2) is 37.5 Å². The molecule has 2 atom stereocenters. The minimum atomic E-state index is -1.45. The van der Waals surface area contributed by atoms with E-state index < -0.39 is 23.2 Å². The summed E-state index contributed by atoms with van der Waals surface area (Å²) in [5, 5.41) is 0. The molecule has 8 nitrogen and oxygen atoms in total. The van der Waals surface area contributed by atoms with E-state index in [1.54, 1.807) is 14.0 Å². The summed E-state index contributed by atoms with van der Waals surface area (Å²) in [6, 6.07) is 9.36. The molecular formula is C15H15N5O3. The lowest BCUT2D eigenvalue weighted by Crippen LogP contribution is -2.65. The topological polar surface area (TPSA) is 81.6 Å². The number of rotatable bonds is 1. The first-order chi connectivity index (χ1) is 10.9. The lowest BCUT2D eigenvalue weighted by atomic mass is 9.99. The molecule has 0 saturated heterocycles. The van der Waals surface area contributed by atoms with Gasteiger partial charge in [0, 0.05) is 14.1 Å². The third kappa shape index (κ3) is 1.45. The van der Waals surface area contributed by atoms with Crippen molar-refractivity contribution in [2.45, 2.75) is 18.8 Å². The van der Waals surface area contributed by atoms with Crippen molar-refractivity contribution in [2.75, 3.05) is 7.05 Å². The molecule has 5 rings (SSSR count). The van der Waals surface area contributed by atoms with Crippen LogP contribution in [-0.2, 0) is 17.5 Å². The van der Waals surface area contributed by atoms with Crippen LogP contribution in [0.15, 0.2) is 44.9 Å². The van der Waals surface area contributed by atoms with Gasteiger partial charge in [-0.1, -0.05) is 30.3 Å². The summed E-state index contributed by atoms with van der Waals surface area (Å²) in [6.45, 7) is 1.56. The van der Waals surface area contributed by atoms with Crippen LogP contribution in [0.2, 0.25) is 0 Å². The van der Waals surface area contributed by atoms with Gasteiger partial charge in [0.05, 0.1) is 5.71 Å². The van der Waals surface area contributed by atoms with E-state index in [4.69, 9.17) is 0 Å². The quantitative estimate of drug-likeness (QED) is 0.711. The van der Waals surface area contributed by atoms with Crippen LogP contribution in [0.25, 0.3) is 0 Å². The Bertz CT molecular complexity index is 981. The molecule has 0 saturated carbocycles. The zero-order valence-corrected chi connectivity index (χ0v) is 12.9. The van der Waals surface area contributed by atoms with Gasteiger partial charge in [-0.05, 0) is 12.5 Å². The second-order valence-electron chi connectivity index (χ2n) is 5.95. The largest absolute Gasteiger partial charge is 0.349 e. The molecule has 3 aliphatic rings. The summed E-state index contributed by atoms with van der Waals surface area (Å²) in [7, 11) is 3.02. The van der Waals surface area contributed by atoms with E-state index in [1.165, 1.54) is 16.6 Å². The van der Waals surface area contributed by atoms with Gasteiger partial charge >= 0.3 is 11.4 Å². The average Bonchev–Trinajstić information content (AvgIpc) is 2.79. The fraction of sp³-hybridized carbons (Fsp3) is 0.333. The number of carbonyl (C=O) groups is 1. The minimum absolute atomic E-state index is 0.310. The highest BCUT2D eigenvalue weighted by Gasteiger charge is 2.55. The van der Waals surface area contributed by atoms with Crippen LogP contribution in [0.3, 0.4) is 0 Å². The Hall–Kier alpha value is -2.90. The van der Waals surface area contributed by atoms with Crippen LogP contribution in [0.1, 0.15) is 18.7 Å². The molecule has 118 valence electrons. The first-order valence-corrected chi connectivity index (χ1v) is 7.21. The maximum atomic E-state index is 12.7. The zero-order chi connectivity index (χ0) is 16.5. The molecule has 2 bridgehead atoms. The molecule has 4 heterocycles. The Kier molecular flexibility index (Phi) is 2.45. The van der Waals surface area contributed by atoms with Gasteiger partial charge in [0.25, 0.3) is 5.91 Å². The molecule has 0 spiro atoms. The number of amides is 1. The summed E-state index contributed by atoms with van der Waals surface area (Å²) in [4.78, 5) is 43.6. The molecule has 1 amide bonds. The number of aliphatic imine (C=N–C) groups is 1. The highest BCUT2D eigenvalue weighted by molar-refractivity contribution is 6.09. The van der Waals surface area contributed by atoms with Crippen LogP contribution < -0.4 is 11.4 Å². The Balaban J connectivity index is 2.10. The number of likely N-dealkylation sites (N-methyl/N-ethyl adjacent to an activating group) is 1. The Labute approximate surface area is 130 Å². The number of aromatic nitrogens is 3. The van der Waals surface area contributed by atoms with E-state index in [-0.39, 0.29) is 5.91 Å². The maximum absolute atomic E-state index is 12.7. The average molecular weight is 313 g/mol. The molecule has 1 aromatic heterocycles. The van der Waals surface area contributed by atoms with Gasteiger partial charge < -0.3 is 4.90 Å². The number of fused-ring (bicyclic) bond motifs is 1. The molecule has 1 aromatic carbocycles. The first kappa shape index (κ1) is 13.7. The Morgan fingerprint density at radius 3 is 2.35 bits per heavy atom. The van der Waals surface area contributed by atoms with Crippen molar-refractivity contribution in [1.29, 1.82) is 0 Å². The summed E-state index contributed by atoms with van der Waals surface area (Å²) >= 11 is 0. The second kappa shape index (κ2) is 4.09. The van der Waals surface area contributed by atoms with Crippen molar-refractivity contribution < 1.29 is 4.79 Å². The van der Waals surface area contributed by atoms with Gasteiger partial charge in [0.1, 0.15) is 0 Å². The maximum Gasteiger partial charge on any atom is 0.349 e. The lowest BCUT2D eigenvalue weighted by molar-refractivity contribution is -0.149. The van der Waals surface area contributed by atoms with Gasteiger partial charge in [-0.15, -0.1) is 0 Å². The number of carbonyl (C=O) groups excluding carboxylic acids is 1. The normalized spacial score (nSPS) is 25.5. The van der Waals surface area contributed by atoms with Crippen molar-refractivity contribution in [2.24, 2.45) is 12.0 Å². The van der Waals surface area contributed by atoms with Crippen LogP contribution >= 0.6 is 0 Å². The monoisotopic (exact) mass is 313 g/mol. The first-order valence-electron chi connectivity index (χ1n) is 7.21. The summed E-state index contributed by atoms with van der Waals surface area (Å²) in [5.74, 6) is -0.310. The smallest absolute Gasteiger partial charge is 0.314 e. The molecular weight excluding hydrogens is 298 g/mol. The van der Waals surface area contributed by atoms with E-state index in [0.717, 1.165) is 14.8 Å². The molecule has 8 heteroatoms. The van der Waals surface area contributed by atoms with E-state index in [2.05, 4.69) is 4.99 Å². The molecule has 23 heavy (non-hydrogen) atoms. The standard InChI is InChI=1S/C15H15N5O3/c1-15-12(21)17(2)11(10(16-15)9-7-5-4-6-8-9)19-13(22)18(3)14(23)20(15)19/h4-8,11H,1-3H3/t11-,15-/m1/s1. The lowest BCUT2D eigenvalue weighted by Gasteiger charge is -2.47. The summed E-state index contributed by atoms with van der Waals surface area (Å²) in [5.41, 5.74) is -1.04. The fourth-order valence-electron chi connectivity index (χ4n) is 3.37. The van der Waals surface area contributed by atoms with Crippen molar-refractivity contribution in [1.82, 2.24) is 18.8 Å². The van der Waals surface area contributed by atoms with Crippen LogP contribution in [0.4, 0.5) is 0 Å². The van der Waals surface area contributed by atoms with Gasteiger partial charge in [-0.3, -0.25) is 4.79 Å². The fourth-order valence-corrected chi connectivity index (χ4v) is 3.37. The van der Waals surface area contributed by atoms with E-state index in [1.807, 2.05) is 30.3 Å². The molecule has 3 aliphatic heterocycles. The predicted molar refractivity (Wildman–Crippen MR) is 82.4 cm³/mol. The predicted octanol–water partition coefficient (Wildman–Crippen LogP) is -0.505. The zero-order valence-electron chi connectivity index (χ0n) is 12.9. The van der Waals surface area contributed by atoms with Crippen molar-refractivity contribution >= 4 is 11.6 Å².